The monoisotopic (exact) mass is 190 g/mol. The van der Waals surface area contributed by atoms with Crippen molar-refractivity contribution in [1.29, 1.82) is 0 Å². The fraction of sp³-hybridized carbons (Fsp3) is 0.111. The van der Waals surface area contributed by atoms with E-state index in [1.807, 2.05) is 0 Å². The molecule has 1 heterocycles. The molecule has 3 N–H and O–H groups in total. The van der Waals surface area contributed by atoms with Gasteiger partial charge in [0.2, 0.25) is 0 Å². The molecule has 0 spiro atoms. The maximum absolute atomic E-state index is 9.21. The highest BCUT2D eigenvalue weighted by Gasteiger charge is 2.09. The van der Waals surface area contributed by atoms with E-state index in [-0.39, 0.29) is 0 Å². The Bertz CT molecular complexity index is 503. The number of anilines is 1. The molecule has 5 heteroatoms. The lowest BCUT2D eigenvalue weighted by Gasteiger charge is -2.08. The first kappa shape index (κ1) is 8.55. The van der Waals surface area contributed by atoms with Crippen molar-refractivity contribution in [3.8, 4) is 11.3 Å². The van der Waals surface area contributed by atoms with Crippen molar-refractivity contribution in [2.24, 2.45) is 4.99 Å². The number of nitrogens with zero attached hydrogens (tertiary/aromatic N) is 3. The van der Waals surface area contributed by atoms with Crippen molar-refractivity contribution in [3.63, 3.8) is 0 Å². The molecule has 1 aliphatic carbocycles. The topological polar surface area (TPSA) is 76.4 Å². The highest BCUT2D eigenvalue weighted by Crippen LogP contribution is 2.20. The Hall–Kier alpha value is -2.04. The molecule has 0 aromatic carbocycles. The molecule has 0 aromatic rings. The van der Waals surface area contributed by atoms with Crippen LogP contribution < -0.4 is 11.1 Å². The quantitative estimate of drug-likeness (QED) is 0.464. The summed E-state index contributed by atoms with van der Waals surface area (Å²) in [6.45, 7) is 0. The van der Waals surface area contributed by atoms with Gasteiger partial charge in [0.15, 0.2) is 0 Å². The zero-order valence-corrected chi connectivity index (χ0v) is 7.68. The second-order valence-corrected chi connectivity index (χ2v) is 2.91. The van der Waals surface area contributed by atoms with Gasteiger partial charge in [-0.15, -0.1) is 0 Å². The molecule has 5 nitrogen and oxygen atoms in total. The normalized spacial score (nSPS) is 12.2. The van der Waals surface area contributed by atoms with E-state index in [0.717, 1.165) is 15.7 Å². The number of aromatic nitrogens is 2. The SMILES string of the molecule is CN=c1ccc(N)c2ncn(O)cc1-2. The summed E-state index contributed by atoms with van der Waals surface area (Å²) in [5.74, 6) is 0. The molecule has 0 aromatic heterocycles. The summed E-state index contributed by atoms with van der Waals surface area (Å²) in [6, 6.07) is 3.54. The van der Waals surface area contributed by atoms with Crippen LogP contribution >= 0.6 is 0 Å². The predicted molar refractivity (Wildman–Crippen MR) is 51.9 cm³/mol. The van der Waals surface area contributed by atoms with Gasteiger partial charge in [-0.3, -0.25) is 4.99 Å². The van der Waals surface area contributed by atoms with E-state index >= 15 is 0 Å². The second-order valence-electron chi connectivity index (χ2n) is 2.91. The molecular weight excluding hydrogens is 180 g/mol. The zero-order valence-electron chi connectivity index (χ0n) is 7.68. The van der Waals surface area contributed by atoms with E-state index in [4.69, 9.17) is 5.73 Å². The van der Waals surface area contributed by atoms with E-state index in [1.165, 1.54) is 12.5 Å². The molecule has 0 fully saturated rings. The van der Waals surface area contributed by atoms with Gasteiger partial charge in [0.25, 0.3) is 0 Å². The van der Waals surface area contributed by atoms with Gasteiger partial charge in [0.1, 0.15) is 6.33 Å². The van der Waals surface area contributed by atoms with Crippen LogP contribution in [-0.2, 0) is 0 Å². The summed E-state index contributed by atoms with van der Waals surface area (Å²) in [5.41, 5.74) is 7.70. The van der Waals surface area contributed by atoms with Crippen LogP contribution in [0.5, 0.6) is 0 Å². The average Bonchev–Trinajstić information content (AvgIpc) is 2.18. The molecular formula is C9H10N4O. The van der Waals surface area contributed by atoms with Crippen LogP contribution in [0.3, 0.4) is 0 Å². The van der Waals surface area contributed by atoms with Crippen molar-refractivity contribution in [2.75, 3.05) is 12.8 Å². The maximum Gasteiger partial charge on any atom is 0.132 e. The zero-order chi connectivity index (χ0) is 10.1. The van der Waals surface area contributed by atoms with Crippen LogP contribution in [0.1, 0.15) is 0 Å². The molecule has 0 amide bonds. The van der Waals surface area contributed by atoms with Gasteiger partial charge in [-0.25, -0.2) is 4.98 Å². The van der Waals surface area contributed by atoms with Crippen LogP contribution in [-0.4, -0.2) is 22.0 Å². The van der Waals surface area contributed by atoms with E-state index < -0.39 is 0 Å². The molecule has 2 rings (SSSR count). The predicted octanol–water partition coefficient (Wildman–Crippen LogP) is 0.338. The first-order chi connectivity index (χ1) is 6.72. The molecule has 0 saturated carbocycles. The summed E-state index contributed by atoms with van der Waals surface area (Å²) in [5, 5.41) is 9.97. The van der Waals surface area contributed by atoms with E-state index in [1.54, 1.807) is 19.2 Å². The lowest BCUT2D eigenvalue weighted by Crippen LogP contribution is -2.12. The molecule has 14 heavy (non-hydrogen) atoms. The molecule has 72 valence electrons. The summed E-state index contributed by atoms with van der Waals surface area (Å²) < 4.78 is 0.885. The third-order valence-corrected chi connectivity index (χ3v) is 2.03. The lowest BCUT2D eigenvalue weighted by atomic mass is 10.1. The van der Waals surface area contributed by atoms with Gasteiger partial charge in [-0.1, -0.05) is 0 Å². The third-order valence-electron chi connectivity index (χ3n) is 2.03. The molecule has 0 unspecified atom stereocenters. The minimum absolute atomic E-state index is 0.577. The number of benzene rings is 1. The fourth-order valence-electron chi connectivity index (χ4n) is 1.36. The highest BCUT2D eigenvalue weighted by atomic mass is 16.5. The smallest absolute Gasteiger partial charge is 0.132 e. The number of hydrogen-bond acceptors (Lipinski definition) is 4. The first-order valence-corrected chi connectivity index (χ1v) is 4.11. The van der Waals surface area contributed by atoms with E-state index in [0.29, 0.717) is 11.4 Å². The van der Waals surface area contributed by atoms with Crippen molar-refractivity contribution >= 4 is 5.69 Å². The number of rotatable bonds is 0. The minimum atomic E-state index is 0.577. The van der Waals surface area contributed by atoms with Gasteiger partial charge < -0.3 is 10.9 Å². The van der Waals surface area contributed by atoms with Crippen molar-refractivity contribution in [3.05, 3.63) is 30.0 Å². The largest absolute Gasteiger partial charge is 0.428 e. The Kier molecular flexibility index (Phi) is 1.85. The number of fused-ring (bicyclic) bond motifs is 1. The van der Waals surface area contributed by atoms with Gasteiger partial charge in [-0.2, -0.15) is 4.73 Å². The van der Waals surface area contributed by atoms with Crippen molar-refractivity contribution in [2.45, 2.75) is 0 Å². The molecule has 0 saturated heterocycles. The Morgan fingerprint density at radius 2 is 2.29 bits per heavy atom. The number of hydrogen-bond donors (Lipinski definition) is 2. The summed E-state index contributed by atoms with van der Waals surface area (Å²) in [4.78, 5) is 8.08. The van der Waals surface area contributed by atoms with Crippen molar-refractivity contribution < 1.29 is 5.21 Å². The highest BCUT2D eigenvalue weighted by molar-refractivity contribution is 5.72. The molecule has 0 bridgehead atoms. The van der Waals surface area contributed by atoms with Crippen LogP contribution in [0.2, 0.25) is 0 Å². The molecule has 1 aliphatic heterocycles. The van der Waals surface area contributed by atoms with Gasteiger partial charge in [0, 0.05) is 12.6 Å². The Labute approximate surface area is 80.5 Å². The first-order valence-electron chi connectivity index (χ1n) is 4.11. The van der Waals surface area contributed by atoms with Crippen LogP contribution in [0.15, 0.2) is 29.6 Å². The summed E-state index contributed by atoms with van der Waals surface area (Å²) >= 11 is 0. The van der Waals surface area contributed by atoms with Crippen LogP contribution in [0, 0.1) is 0 Å². The molecule has 0 atom stereocenters. The van der Waals surface area contributed by atoms with Crippen LogP contribution in [0.25, 0.3) is 11.3 Å². The van der Waals surface area contributed by atoms with Gasteiger partial charge >= 0.3 is 0 Å². The van der Waals surface area contributed by atoms with E-state index in [9.17, 15) is 5.21 Å². The molecule has 2 aliphatic rings. The summed E-state index contributed by atoms with van der Waals surface area (Å²) in [7, 11) is 1.68. The summed E-state index contributed by atoms with van der Waals surface area (Å²) in [6.07, 6.45) is 2.82. The average molecular weight is 190 g/mol. The lowest BCUT2D eigenvalue weighted by molar-refractivity contribution is 0.181. The van der Waals surface area contributed by atoms with E-state index in [2.05, 4.69) is 9.98 Å². The maximum atomic E-state index is 9.21. The third kappa shape index (κ3) is 1.19. The Morgan fingerprint density at radius 1 is 1.50 bits per heavy atom. The van der Waals surface area contributed by atoms with Gasteiger partial charge in [0.05, 0.1) is 22.9 Å². The fourth-order valence-corrected chi connectivity index (χ4v) is 1.36. The van der Waals surface area contributed by atoms with Crippen molar-refractivity contribution in [1.82, 2.24) is 9.71 Å². The van der Waals surface area contributed by atoms with Crippen LogP contribution in [0.4, 0.5) is 5.69 Å². The number of nitrogens with two attached hydrogens (primary N) is 1. The minimum Gasteiger partial charge on any atom is -0.428 e. The standard InChI is InChI=1S/C9H10N4O/c1-11-8-3-2-7(10)9-6(8)4-13(14)5-12-9/h2-5,14H,10H2,1H3. The Morgan fingerprint density at radius 3 is 3.00 bits per heavy atom. The van der Waals surface area contributed by atoms with Gasteiger partial charge in [-0.05, 0) is 12.1 Å². The number of nitrogen functional groups attached to an aromatic ring is 1. The second kappa shape index (κ2) is 3.02. The molecule has 0 radical (unpaired) electrons. The Balaban J connectivity index is 2.91.